The van der Waals surface area contributed by atoms with Gasteiger partial charge >= 0.3 is 0 Å². The first-order chi connectivity index (χ1) is 11.1. The second kappa shape index (κ2) is 6.11. The molecule has 2 heterocycles. The molecule has 1 aliphatic carbocycles. The monoisotopic (exact) mass is 396 g/mol. The Kier molecular flexibility index (Phi) is 4.12. The molecule has 4 rings (SSSR count). The first kappa shape index (κ1) is 15.5. The summed E-state index contributed by atoms with van der Waals surface area (Å²) < 4.78 is 14.7. The normalized spacial score (nSPS) is 20.9. The molecule has 1 aromatic carbocycles. The average Bonchev–Trinajstić information content (AvgIpc) is 3.30. The van der Waals surface area contributed by atoms with Crippen molar-refractivity contribution in [3.63, 3.8) is 0 Å². The predicted octanol–water partition coefficient (Wildman–Crippen LogP) is 4.47. The van der Waals surface area contributed by atoms with E-state index >= 15 is 0 Å². The first-order valence-electron chi connectivity index (χ1n) is 7.95. The number of nitrogens with zero attached hydrogens (tertiary/aromatic N) is 2. The largest absolute Gasteiger partial charge is 0.489 e. The number of benzene rings is 1. The van der Waals surface area contributed by atoms with Crippen molar-refractivity contribution in [2.75, 3.05) is 6.61 Å². The molecule has 4 nitrogen and oxygen atoms in total. The second-order valence-corrected chi connectivity index (χ2v) is 7.34. The maximum atomic E-state index is 6.40. The second-order valence-electron chi connectivity index (χ2n) is 6.18. The molecule has 0 bridgehead atoms. The summed E-state index contributed by atoms with van der Waals surface area (Å²) in [6.45, 7) is 3.60. The molecule has 0 unspecified atom stereocenters. The van der Waals surface area contributed by atoms with Crippen LogP contribution in [0, 0.1) is 0 Å². The Morgan fingerprint density at radius 1 is 1.39 bits per heavy atom. The smallest absolute Gasteiger partial charge is 0.141 e. The molecule has 0 radical (unpaired) electrons. The highest BCUT2D eigenvalue weighted by atomic mass is 79.9. The van der Waals surface area contributed by atoms with Gasteiger partial charge in [-0.15, -0.1) is 0 Å². The van der Waals surface area contributed by atoms with Crippen molar-refractivity contribution < 1.29 is 9.47 Å². The Morgan fingerprint density at radius 2 is 2.22 bits per heavy atom. The molecule has 0 N–H and O–H groups in total. The SMILES string of the molecule is C[C@@H]1Cn2c(-c3ccc(OC4CC4)c(Cl)c3)nc(Br)c2CCO1. The van der Waals surface area contributed by atoms with E-state index in [9.17, 15) is 0 Å². The van der Waals surface area contributed by atoms with Gasteiger partial charge in [0.05, 0.1) is 36.1 Å². The van der Waals surface area contributed by atoms with E-state index in [1.807, 2.05) is 18.2 Å². The van der Waals surface area contributed by atoms with Crippen LogP contribution in [0.15, 0.2) is 22.8 Å². The highest BCUT2D eigenvalue weighted by Crippen LogP contribution is 2.36. The van der Waals surface area contributed by atoms with Crippen LogP contribution in [0.3, 0.4) is 0 Å². The minimum absolute atomic E-state index is 0.170. The standard InChI is InChI=1S/C17H18BrClN2O2/c1-10-9-21-14(6-7-22-10)16(18)20-17(21)11-2-5-15(13(19)8-11)23-12-3-4-12/h2,5,8,10,12H,3-4,6-7,9H2,1H3/t10-/m1/s1. The summed E-state index contributed by atoms with van der Waals surface area (Å²) in [5, 5.41) is 0.640. The number of hydrogen-bond acceptors (Lipinski definition) is 3. The van der Waals surface area contributed by atoms with Gasteiger partial charge in [-0.2, -0.15) is 0 Å². The molecule has 6 heteroatoms. The highest BCUT2D eigenvalue weighted by molar-refractivity contribution is 9.10. The molecule has 1 aromatic heterocycles. The summed E-state index contributed by atoms with van der Waals surface area (Å²) in [7, 11) is 0. The van der Waals surface area contributed by atoms with E-state index < -0.39 is 0 Å². The van der Waals surface area contributed by atoms with E-state index in [0.717, 1.165) is 54.2 Å². The van der Waals surface area contributed by atoms with Crippen LogP contribution in [-0.4, -0.2) is 28.4 Å². The third kappa shape index (κ3) is 3.14. The number of ether oxygens (including phenoxy) is 2. The molecule has 0 saturated heterocycles. The van der Waals surface area contributed by atoms with Crippen molar-refractivity contribution in [3.8, 4) is 17.1 Å². The Labute approximate surface area is 148 Å². The Hall–Kier alpha value is -1.04. The summed E-state index contributed by atoms with van der Waals surface area (Å²) in [6, 6.07) is 5.92. The molecule has 1 saturated carbocycles. The molecule has 1 aliphatic heterocycles. The van der Waals surface area contributed by atoms with Gasteiger partial charge in [0, 0.05) is 12.0 Å². The third-order valence-corrected chi connectivity index (χ3v) is 5.14. The van der Waals surface area contributed by atoms with E-state index in [-0.39, 0.29) is 6.10 Å². The highest BCUT2D eigenvalue weighted by Gasteiger charge is 2.25. The molecule has 2 aliphatic rings. The van der Waals surface area contributed by atoms with E-state index in [2.05, 4.69) is 27.4 Å². The minimum Gasteiger partial charge on any atom is -0.489 e. The number of rotatable bonds is 3. The van der Waals surface area contributed by atoms with Crippen molar-refractivity contribution in [2.24, 2.45) is 0 Å². The zero-order valence-electron chi connectivity index (χ0n) is 12.9. The lowest BCUT2D eigenvalue weighted by atomic mass is 10.2. The van der Waals surface area contributed by atoms with E-state index in [1.54, 1.807) is 0 Å². The molecule has 23 heavy (non-hydrogen) atoms. The number of fused-ring (bicyclic) bond motifs is 1. The van der Waals surface area contributed by atoms with Crippen LogP contribution >= 0.6 is 27.5 Å². The molecule has 1 fully saturated rings. The zero-order valence-corrected chi connectivity index (χ0v) is 15.2. The van der Waals surface area contributed by atoms with Gasteiger partial charge in [-0.1, -0.05) is 11.6 Å². The summed E-state index contributed by atoms with van der Waals surface area (Å²) >= 11 is 9.99. The summed E-state index contributed by atoms with van der Waals surface area (Å²) in [4.78, 5) is 4.71. The van der Waals surface area contributed by atoms with Gasteiger partial charge in [0.15, 0.2) is 0 Å². The first-order valence-corrected chi connectivity index (χ1v) is 9.12. The molecule has 1 atom stereocenters. The molecule has 2 aromatic rings. The summed E-state index contributed by atoms with van der Waals surface area (Å²) in [6.07, 6.45) is 3.61. The van der Waals surface area contributed by atoms with Crippen molar-refractivity contribution in [2.45, 2.75) is 44.9 Å². The van der Waals surface area contributed by atoms with Crippen LogP contribution in [0.1, 0.15) is 25.5 Å². The molecular formula is C17H18BrClN2O2. The van der Waals surface area contributed by atoms with Crippen LogP contribution < -0.4 is 4.74 Å². The molecular weight excluding hydrogens is 380 g/mol. The molecule has 122 valence electrons. The van der Waals surface area contributed by atoms with Crippen molar-refractivity contribution in [3.05, 3.63) is 33.5 Å². The van der Waals surface area contributed by atoms with Crippen LogP contribution in [0.5, 0.6) is 5.75 Å². The minimum atomic E-state index is 0.170. The summed E-state index contributed by atoms with van der Waals surface area (Å²) in [5.41, 5.74) is 2.18. The number of imidazole rings is 1. The number of aromatic nitrogens is 2. The number of halogens is 2. The van der Waals surface area contributed by atoms with Gasteiger partial charge in [0.25, 0.3) is 0 Å². The average molecular weight is 398 g/mol. The van der Waals surface area contributed by atoms with E-state index in [1.165, 1.54) is 5.69 Å². The lowest BCUT2D eigenvalue weighted by Gasteiger charge is -2.13. The number of hydrogen-bond donors (Lipinski definition) is 0. The third-order valence-electron chi connectivity index (χ3n) is 4.21. The van der Waals surface area contributed by atoms with Gasteiger partial charge in [-0.25, -0.2) is 4.98 Å². The fourth-order valence-electron chi connectivity index (χ4n) is 2.88. The van der Waals surface area contributed by atoms with Crippen LogP contribution in [0.25, 0.3) is 11.4 Å². The maximum Gasteiger partial charge on any atom is 0.141 e. The summed E-state index contributed by atoms with van der Waals surface area (Å²) in [5.74, 6) is 1.68. The lowest BCUT2D eigenvalue weighted by Crippen LogP contribution is -2.15. The van der Waals surface area contributed by atoms with Gasteiger partial charge in [-0.3, -0.25) is 0 Å². The van der Waals surface area contributed by atoms with Gasteiger partial charge in [0.1, 0.15) is 16.2 Å². The molecule has 0 spiro atoms. The Balaban J connectivity index is 1.71. The maximum absolute atomic E-state index is 6.40. The van der Waals surface area contributed by atoms with Crippen molar-refractivity contribution in [1.82, 2.24) is 9.55 Å². The van der Waals surface area contributed by atoms with Crippen LogP contribution in [-0.2, 0) is 17.7 Å². The van der Waals surface area contributed by atoms with E-state index in [4.69, 9.17) is 26.1 Å². The van der Waals surface area contributed by atoms with Crippen molar-refractivity contribution >= 4 is 27.5 Å². The van der Waals surface area contributed by atoms with Gasteiger partial charge < -0.3 is 14.0 Å². The topological polar surface area (TPSA) is 36.3 Å². The van der Waals surface area contributed by atoms with Gasteiger partial charge in [0.2, 0.25) is 0 Å². The van der Waals surface area contributed by atoms with Crippen LogP contribution in [0.2, 0.25) is 5.02 Å². The quantitative estimate of drug-likeness (QED) is 0.767. The zero-order chi connectivity index (χ0) is 16.0. The fraction of sp³-hybridized carbons (Fsp3) is 0.471. The Morgan fingerprint density at radius 3 is 2.96 bits per heavy atom. The van der Waals surface area contributed by atoms with E-state index in [0.29, 0.717) is 11.1 Å². The van der Waals surface area contributed by atoms with Gasteiger partial charge in [-0.05, 0) is 53.9 Å². The van der Waals surface area contributed by atoms with Crippen molar-refractivity contribution in [1.29, 1.82) is 0 Å². The lowest BCUT2D eigenvalue weighted by molar-refractivity contribution is 0.0666. The molecule has 0 amide bonds. The predicted molar refractivity (Wildman–Crippen MR) is 93.1 cm³/mol. The van der Waals surface area contributed by atoms with Crippen LogP contribution in [0.4, 0.5) is 0 Å². The fourth-order valence-corrected chi connectivity index (χ4v) is 3.69. The Bertz CT molecular complexity index is 742.